The minimum atomic E-state index is -4.49. The van der Waals surface area contributed by atoms with Crippen molar-refractivity contribution in [1.82, 2.24) is 15.5 Å². The molecule has 1 saturated heterocycles. The van der Waals surface area contributed by atoms with Gasteiger partial charge < -0.3 is 15.5 Å². The summed E-state index contributed by atoms with van der Waals surface area (Å²) in [4.78, 5) is 28.9. The monoisotopic (exact) mass is 605 g/mol. The Morgan fingerprint density at radius 3 is 1.95 bits per heavy atom. The van der Waals surface area contributed by atoms with Crippen LogP contribution < -0.4 is 10.6 Å². The van der Waals surface area contributed by atoms with E-state index in [1.54, 1.807) is 0 Å². The van der Waals surface area contributed by atoms with Gasteiger partial charge in [-0.05, 0) is 77.6 Å². The fraction of sp³-hybridized carbons (Fsp3) is 0.444. The molecular formula is C36H42F3N3O2. The number of carbonyl (C=O) groups excluding carboxylic acids is 2. The fourth-order valence-electron chi connectivity index (χ4n) is 6.70. The number of amides is 2. The van der Waals surface area contributed by atoms with Crippen LogP contribution in [-0.4, -0.2) is 55.1 Å². The first-order chi connectivity index (χ1) is 20.9. The molecule has 1 aliphatic heterocycles. The van der Waals surface area contributed by atoms with Crippen molar-refractivity contribution in [1.29, 1.82) is 0 Å². The van der Waals surface area contributed by atoms with Gasteiger partial charge in [-0.1, -0.05) is 87.9 Å². The molecule has 2 amide bonds. The molecule has 0 bridgehead atoms. The highest BCUT2D eigenvalue weighted by Gasteiger charge is 2.49. The summed E-state index contributed by atoms with van der Waals surface area (Å²) in [5, 5.41) is 5.40. The van der Waals surface area contributed by atoms with Crippen molar-refractivity contribution in [3.05, 3.63) is 95.1 Å². The number of unbranched alkanes of at least 4 members (excludes halogenated alkanes) is 1. The van der Waals surface area contributed by atoms with Gasteiger partial charge in [-0.25, -0.2) is 0 Å². The van der Waals surface area contributed by atoms with Gasteiger partial charge in [0.15, 0.2) is 0 Å². The number of hydrogen-bond donors (Lipinski definition) is 2. The lowest BCUT2D eigenvalue weighted by Crippen LogP contribution is -2.47. The number of halogens is 3. The molecule has 0 saturated carbocycles. The van der Waals surface area contributed by atoms with E-state index in [4.69, 9.17) is 0 Å². The third kappa shape index (κ3) is 6.85. The van der Waals surface area contributed by atoms with Crippen LogP contribution in [0.3, 0.4) is 0 Å². The van der Waals surface area contributed by atoms with Crippen molar-refractivity contribution in [2.24, 2.45) is 0 Å². The zero-order chi connectivity index (χ0) is 31.5. The van der Waals surface area contributed by atoms with E-state index in [0.29, 0.717) is 18.4 Å². The van der Waals surface area contributed by atoms with E-state index in [0.717, 1.165) is 61.2 Å². The molecule has 1 aliphatic carbocycles. The summed E-state index contributed by atoms with van der Waals surface area (Å²) in [6.45, 7) is 7.64. The highest BCUT2D eigenvalue weighted by molar-refractivity contribution is 6.00. The van der Waals surface area contributed by atoms with Gasteiger partial charge in [0.25, 0.3) is 5.91 Å². The Bertz CT molecular complexity index is 1420. The minimum Gasteiger partial charge on any atom is -0.349 e. The zero-order valence-electron chi connectivity index (χ0n) is 25.8. The lowest BCUT2D eigenvalue weighted by molar-refractivity contribution is -0.141. The minimum absolute atomic E-state index is 0.0357. The molecular weight excluding hydrogens is 563 g/mol. The van der Waals surface area contributed by atoms with Crippen molar-refractivity contribution in [2.45, 2.75) is 75.9 Å². The lowest BCUT2D eigenvalue weighted by Gasteiger charge is -2.33. The number of carbonyl (C=O) groups is 2. The Labute approximate surface area is 258 Å². The van der Waals surface area contributed by atoms with Crippen LogP contribution in [0.1, 0.15) is 79.9 Å². The average Bonchev–Trinajstić information content (AvgIpc) is 3.29. The van der Waals surface area contributed by atoms with Crippen LogP contribution in [0, 0.1) is 0 Å². The van der Waals surface area contributed by atoms with E-state index in [1.807, 2.05) is 72.8 Å². The van der Waals surface area contributed by atoms with E-state index in [2.05, 4.69) is 36.3 Å². The summed E-state index contributed by atoms with van der Waals surface area (Å²) in [5.74, 6) is -0.646. The molecule has 5 rings (SSSR count). The number of hydrogen-bond acceptors (Lipinski definition) is 3. The number of fused-ring (bicyclic) bond motifs is 3. The molecule has 0 spiro atoms. The molecule has 3 aromatic rings. The quantitative estimate of drug-likeness (QED) is 0.259. The van der Waals surface area contributed by atoms with Crippen LogP contribution >= 0.6 is 0 Å². The van der Waals surface area contributed by atoms with Crippen molar-refractivity contribution in [3.63, 3.8) is 0 Å². The Morgan fingerprint density at radius 1 is 0.841 bits per heavy atom. The summed E-state index contributed by atoms with van der Waals surface area (Å²) in [6.07, 6.45) is -0.853. The van der Waals surface area contributed by atoms with E-state index in [9.17, 15) is 22.8 Å². The van der Waals surface area contributed by atoms with Crippen LogP contribution in [0.15, 0.2) is 72.8 Å². The first-order valence-electron chi connectivity index (χ1n) is 15.6. The average molecular weight is 606 g/mol. The standard InChI is InChI=1S/C36H42F3N3O2/c1-34(2,3)26-16-14-25(15-17-26)32(43)41-27-18-22-42(23-19-27)21-9-8-20-35(33(44)40-24-36(37,38)39)30-12-6-4-10-28(30)29-11-5-7-13-31(29)35/h4-7,10-17,27H,8-9,18-24H2,1-3H3,(H,40,44)(H,41,43). The molecule has 2 N–H and O–H groups in total. The molecule has 3 aromatic carbocycles. The summed E-state index contributed by atoms with van der Waals surface area (Å²) < 4.78 is 39.4. The van der Waals surface area contributed by atoms with Gasteiger partial charge in [-0.2, -0.15) is 13.2 Å². The highest BCUT2D eigenvalue weighted by Crippen LogP contribution is 2.51. The fourth-order valence-corrected chi connectivity index (χ4v) is 6.70. The number of rotatable bonds is 9. The van der Waals surface area contributed by atoms with Gasteiger partial charge in [0.05, 0.1) is 0 Å². The van der Waals surface area contributed by atoms with Gasteiger partial charge in [0.2, 0.25) is 5.91 Å². The third-order valence-electron chi connectivity index (χ3n) is 9.11. The second-order valence-corrected chi connectivity index (χ2v) is 13.2. The summed E-state index contributed by atoms with van der Waals surface area (Å²) in [7, 11) is 0. The number of piperidine rings is 1. The van der Waals surface area contributed by atoms with Crippen LogP contribution in [0.2, 0.25) is 0 Å². The third-order valence-corrected chi connectivity index (χ3v) is 9.11. The number of benzene rings is 3. The predicted molar refractivity (Wildman–Crippen MR) is 168 cm³/mol. The molecule has 0 aromatic heterocycles. The van der Waals surface area contributed by atoms with Gasteiger partial charge in [-0.15, -0.1) is 0 Å². The zero-order valence-corrected chi connectivity index (χ0v) is 25.8. The number of alkyl halides is 3. The second kappa shape index (κ2) is 12.8. The Hall–Kier alpha value is -3.65. The molecule has 234 valence electrons. The summed E-state index contributed by atoms with van der Waals surface area (Å²) >= 11 is 0. The highest BCUT2D eigenvalue weighted by atomic mass is 19.4. The number of nitrogens with one attached hydrogen (secondary N) is 2. The maximum atomic E-state index is 13.7. The van der Waals surface area contributed by atoms with E-state index < -0.39 is 24.0 Å². The largest absolute Gasteiger partial charge is 0.405 e. The van der Waals surface area contributed by atoms with Crippen LogP contribution in [0.5, 0.6) is 0 Å². The molecule has 0 atom stereocenters. The maximum absolute atomic E-state index is 13.7. The topological polar surface area (TPSA) is 61.4 Å². The van der Waals surface area contributed by atoms with Crippen molar-refractivity contribution in [2.75, 3.05) is 26.2 Å². The molecule has 0 radical (unpaired) electrons. The predicted octanol–water partition coefficient (Wildman–Crippen LogP) is 6.99. The Kier molecular flexibility index (Phi) is 9.21. The van der Waals surface area contributed by atoms with Gasteiger partial charge >= 0.3 is 6.18 Å². The van der Waals surface area contributed by atoms with Crippen LogP contribution in [0.25, 0.3) is 11.1 Å². The first-order valence-corrected chi connectivity index (χ1v) is 15.6. The van der Waals surface area contributed by atoms with E-state index in [1.165, 1.54) is 5.56 Å². The molecule has 2 aliphatic rings. The smallest absolute Gasteiger partial charge is 0.349 e. The van der Waals surface area contributed by atoms with Gasteiger partial charge in [0.1, 0.15) is 12.0 Å². The van der Waals surface area contributed by atoms with Crippen LogP contribution in [0.4, 0.5) is 13.2 Å². The van der Waals surface area contributed by atoms with Gasteiger partial charge in [0, 0.05) is 24.7 Å². The van der Waals surface area contributed by atoms with E-state index in [-0.39, 0.29) is 17.4 Å². The molecule has 44 heavy (non-hydrogen) atoms. The first kappa shape index (κ1) is 31.8. The maximum Gasteiger partial charge on any atom is 0.405 e. The lowest BCUT2D eigenvalue weighted by atomic mass is 9.73. The Balaban J connectivity index is 1.17. The van der Waals surface area contributed by atoms with Crippen LogP contribution in [-0.2, 0) is 15.6 Å². The SMILES string of the molecule is CC(C)(C)c1ccc(C(=O)NC2CCN(CCCCC3(C(=O)NCC(F)(F)F)c4ccccc4-c4ccccc43)CC2)cc1. The molecule has 5 nitrogen and oxygen atoms in total. The van der Waals surface area contributed by atoms with Crippen molar-refractivity contribution < 1.29 is 22.8 Å². The van der Waals surface area contributed by atoms with Crippen molar-refractivity contribution >= 4 is 11.8 Å². The van der Waals surface area contributed by atoms with E-state index >= 15 is 0 Å². The normalized spacial score (nSPS) is 16.7. The number of nitrogens with zero attached hydrogens (tertiary/aromatic N) is 1. The molecule has 1 fully saturated rings. The molecule has 0 unspecified atom stereocenters. The molecule has 1 heterocycles. The number of likely N-dealkylation sites (tertiary alicyclic amines) is 1. The second-order valence-electron chi connectivity index (χ2n) is 13.2. The van der Waals surface area contributed by atoms with Crippen molar-refractivity contribution in [3.8, 4) is 11.1 Å². The summed E-state index contributed by atoms with van der Waals surface area (Å²) in [5.41, 5.74) is 4.07. The summed E-state index contributed by atoms with van der Waals surface area (Å²) in [6, 6.07) is 23.1. The molecule has 8 heteroatoms. The Morgan fingerprint density at radius 2 is 1.41 bits per heavy atom. The van der Waals surface area contributed by atoms with Gasteiger partial charge in [-0.3, -0.25) is 9.59 Å².